The molecule has 0 aliphatic carbocycles. The molecule has 2 aliphatic rings. The summed E-state index contributed by atoms with van der Waals surface area (Å²) in [5, 5.41) is 5.43. The number of aryl methyl sites for hydroxylation is 1. The molecule has 4 aromatic carbocycles. The smallest absolute Gasteiger partial charge is 0.274 e. The van der Waals surface area contributed by atoms with Gasteiger partial charge in [0.25, 0.3) is 5.91 Å². The van der Waals surface area contributed by atoms with Gasteiger partial charge in [-0.15, -0.1) is 35.1 Å². The van der Waals surface area contributed by atoms with Crippen molar-refractivity contribution in [2.24, 2.45) is 0 Å². The summed E-state index contributed by atoms with van der Waals surface area (Å²) in [6.07, 6.45) is 1.15. The van der Waals surface area contributed by atoms with Crippen molar-refractivity contribution in [2.45, 2.75) is 31.1 Å². The second kappa shape index (κ2) is 11.6. The maximum absolute atomic E-state index is 14.0. The lowest BCUT2D eigenvalue weighted by Gasteiger charge is -2.29. The molecule has 1 amide bonds. The number of quaternary nitrogens is 1. The quantitative estimate of drug-likeness (QED) is 0.145. The Morgan fingerprint density at radius 3 is 2.60 bits per heavy atom. The number of aromatic nitrogens is 1. The number of alkyl halides is 1. The van der Waals surface area contributed by atoms with Gasteiger partial charge in [0.2, 0.25) is 0 Å². The van der Waals surface area contributed by atoms with Crippen LogP contribution in [0.3, 0.4) is 0 Å². The van der Waals surface area contributed by atoms with E-state index in [-0.39, 0.29) is 11.8 Å². The van der Waals surface area contributed by atoms with E-state index < -0.39 is 0 Å². The summed E-state index contributed by atoms with van der Waals surface area (Å²) in [5.41, 5.74) is 8.94. The topological polar surface area (TPSA) is 36.1 Å². The van der Waals surface area contributed by atoms with Crippen LogP contribution in [0.2, 0.25) is 0 Å². The molecule has 220 valence electrons. The van der Waals surface area contributed by atoms with Crippen LogP contribution in [0.4, 0.5) is 11.4 Å². The summed E-state index contributed by atoms with van der Waals surface area (Å²) in [4.78, 5) is 19.4. The molecule has 1 aromatic heterocycles. The average Bonchev–Trinajstić information content (AvgIpc) is 3.75. The van der Waals surface area contributed by atoms with Crippen LogP contribution in [0.15, 0.2) is 78.9 Å². The Morgan fingerprint density at radius 2 is 1.81 bits per heavy atom. The maximum Gasteiger partial charge on any atom is 0.274 e. The van der Waals surface area contributed by atoms with E-state index in [0.29, 0.717) is 18.1 Å². The second-order valence-corrected chi connectivity index (χ2v) is 15.5. The van der Waals surface area contributed by atoms with E-state index in [2.05, 4.69) is 122 Å². The molecule has 2 aliphatic heterocycles. The molecule has 1 N–H and O–H groups in total. The van der Waals surface area contributed by atoms with E-state index in [4.69, 9.17) is 11.6 Å². The van der Waals surface area contributed by atoms with Gasteiger partial charge in [-0.2, -0.15) is 0 Å². The molecule has 0 bridgehead atoms. The number of carbonyl (C=O) groups is 1. The minimum Gasteiger partial charge on any atom is -0.351 e. The van der Waals surface area contributed by atoms with Crippen molar-refractivity contribution in [1.29, 1.82) is 0 Å². The number of thioether (sulfide) groups is 2. The van der Waals surface area contributed by atoms with Crippen LogP contribution in [0.5, 0.6) is 0 Å². The van der Waals surface area contributed by atoms with Gasteiger partial charge in [-0.3, -0.25) is 9.28 Å². The molecule has 7 rings (SSSR count). The monoisotopic (exact) mass is 626 g/mol. The van der Waals surface area contributed by atoms with Gasteiger partial charge in [0.05, 0.1) is 14.1 Å². The predicted molar refractivity (Wildman–Crippen MR) is 188 cm³/mol. The molecular formula is C36H37ClN3OS2+. The number of nitrogens with zero attached hydrogens (tertiary/aromatic N) is 2. The third-order valence-electron chi connectivity index (χ3n) is 9.06. The highest BCUT2D eigenvalue weighted by Gasteiger charge is 2.35. The van der Waals surface area contributed by atoms with E-state index in [0.717, 1.165) is 39.3 Å². The summed E-state index contributed by atoms with van der Waals surface area (Å²) in [7, 11) is 4.52. The van der Waals surface area contributed by atoms with Crippen LogP contribution >= 0.6 is 35.1 Å². The van der Waals surface area contributed by atoms with Crippen molar-refractivity contribution in [3.63, 3.8) is 0 Å². The SMILES string of the molecule is Cc1cc2c(c3ccccc13)[C@H](CCl)CN2C(=O)c1cc2cc([N+](C)(C)Cc3cccc(C[C@H]4CSCS4)c3)ccc2[nH]1. The van der Waals surface area contributed by atoms with Gasteiger partial charge in [0, 0.05) is 68.7 Å². The number of amides is 1. The number of anilines is 1. The Morgan fingerprint density at radius 1 is 1.00 bits per heavy atom. The van der Waals surface area contributed by atoms with Gasteiger partial charge in [0.15, 0.2) is 0 Å². The first kappa shape index (κ1) is 28.8. The minimum atomic E-state index is -0.00862. The standard InChI is InChI=1S/C36H36ClN3OS2/c1-23-13-34-35(31-10-5-4-9-30(23)31)27(18-37)19-39(34)36(41)33-17-26-16-28(11-12-32(26)38-33)40(2,3)20-25-8-6-7-24(14-25)15-29-21-42-22-43-29/h4-14,16-17,27,29H,15,18-22H2,1-3H3/p+1/t27-,29+/m1/s1. The van der Waals surface area contributed by atoms with E-state index in [9.17, 15) is 4.79 Å². The van der Waals surface area contributed by atoms with Gasteiger partial charge in [-0.25, -0.2) is 0 Å². The lowest BCUT2D eigenvalue weighted by atomic mass is 9.93. The number of carbonyl (C=O) groups excluding carboxylic acids is 1. The minimum absolute atomic E-state index is 0.00862. The number of halogens is 1. The second-order valence-electron chi connectivity index (χ2n) is 12.5. The maximum atomic E-state index is 14.0. The predicted octanol–water partition coefficient (Wildman–Crippen LogP) is 8.73. The Kier molecular flexibility index (Phi) is 7.75. The van der Waals surface area contributed by atoms with Gasteiger partial charge in [0.1, 0.15) is 17.9 Å². The molecule has 3 heterocycles. The zero-order chi connectivity index (χ0) is 29.7. The van der Waals surface area contributed by atoms with Gasteiger partial charge >= 0.3 is 0 Å². The van der Waals surface area contributed by atoms with Crippen LogP contribution in [-0.4, -0.2) is 53.5 Å². The van der Waals surface area contributed by atoms with Crippen molar-refractivity contribution in [3.8, 4) is 0 Å². The van der Waals surface area contributed by atoms with E-state index in [1.54, 1.807) is 0 Å². The van der Waals surface area contributed by atoms with Crippen LogP contribution in [0, 0.1) is 6.92 Å². The molecule has 1 saturated heterocycles. The van der Waals surface area contributed by atoms with E-state index in [1.165, 1.54) is 49.6 Å². The largest absolute Gasteiger partial charge is 0.351 e. The van der Waals surface area contributed by atoms with E-state index >= 15 is 0 Å². The summed E-state index contributed by atoms with van der Waals surface area (Å²) < 4.78 is 0.727. The third kappa shape index (κ3) is 5.48. The lowest BCUT2D eigenvalue weighted by molar-refractivity contribution is 0.0984. The van der Waals surface area contributed by atoms with Crippen molar-refractivity contribution >= 4 is 74.1 Å². The number of hydrogen-bond acceptors (Lipinski definition) is 3. The summed E-state index contributed by atoms with van der Waals surface area (Å²) in [5.74, 6) is 1.83. The first-order valence-corrected chi connectivity index (χ1v) is 17.7. The van der Waals surface area contributed by atoms with Crippen LogP contribution in [0.25, 0.3) is 21.7 Å². The number of aromatic amines is 1. The van der Waals surface area contributed by atoms with Crippen LogP contribution < -0.4 is 9.38 Å². The molecule has 7 heteroatoms. The highest BCUT2D eigenvalue weighted by molar-refractivity contribution is 8.19. The molecule has 1 fully saturated rings. The van der Waals surface area contributed by atoms with Crippen LogP contribution in [-0.2, 0) is 13.0 Å². The summed E-state index contributed by atoms with van der Waals surface area (Å²) in [6, 6.07) is 28.3. The molecule has 0 unspecified atom stereocenters. The van der Waals surface area contributed by atoms with Crippen LogP contribution in [0.1, 0.15) is 38.7 Å². The van der Waals surface area contributed by atoms with Crippen molar-refractivity contribution in [2.75, 3.05) is 42.3 Å². The number of fused-ring (bicyclic) bond motifs is 4. The lowest BCUT2D eigenvalue weighted by Crippen LogP contribution is -2.39. The number of benzene rings is 4. The van der Waals surface area contributed by atoms with E-state index in [1.807, 2.05) is 11.0 Å². The molecule has 43 heavy (non-hydrogen) atoms. The van der Waals surface area contributed by atoms with Gasteiger partial charge in [-0.1, -0.05) is 48.5 Å². The number of nitrogens with one attached hydrogen (secondary N) is 1. The third-order valence-corrected chi connectivity index (χ3v) is 12.3. The normalized spacial score (nSPS) is 18.6. The van der Waals surface area contributed by atoms with Crippen molar-refractivity contribution < 1.29 is 4.79 Å². The first-order valence-electron chi connectivity index (χ1n) is 14.9. The van der Waals surface area contributed by atoms with Crippen molar-refractivity contribution in [1.82, 2.24) is 9.47 Å². The molecular weight excluding hydrogens is 590 g/mol. The Bertz CT molecular complexity index is 1840. The summed E-state index contributed by atoms with van der Waals surface area (Å²) >= 11 is 10.6. The molecule has 4 nitrogen and oxygen atoms in total. The fourth-order valence-corrected chi connectivity index (χ4v) is 10.0. The zero-order valence-corrected chi connectivity index (χ0v) is 27.3. The molecule has 0 saturated carbocycles. The van der Waals surface area contributed by atoms with Gasteiger partial charge in [-0.05, 0) is 59.0 Å². The molecule has 5 aromatic rings. The highest BCUT2D eigenvalue weighted by Crippen LogP contribution is 2.44. The fourth-order valence-electron chi connectivity index (χ4n) is 6.85. The Labute approximate surface area is 267 Å². The molecule has 0 spiro atoms. The Hall–Kier alpha value is -2.90. The number of hydrogen-bond donors (Lipinski definition) is 1. The molecule has 2 atom stereocenters. The average molecular weight is 627 g/mol. The zero-order valence-electron chi connectivity index (χ0n) is 24.9. The fraction of sp³-hybridized carbons (Fsp3) is 0.306. The number of rotatable bonds is 7. The number of H-pyrrole nitrogens is 1. The highest BCUT2D eigenvalue weighted by atomic mass is 35.5. The Balaban J connectivity index is 1.15. The molecule has 0 radical (unpaired) electrons. The van der Waals surface area contributed by atoms with Crippen molar-refractivity contribution in [3.05, 3.63) is 107 Å². The van der Waals surface area contributed by atoms with Gasteiger partial charge < -0.3 is 9.88 Å². The summed E-state index contributed by atoms with van der Waals surface area (Å²) in [6.45, 7) is 3.61. The first-order chi connectivity index (χ1) is 20.8.